The lowest BCUT2D eigenvalue weighted by atomic mass is 9.92. The van der Waals surface area contributed by atoms with Crippen LogP contribution in [-0.2, 0) is 66.9 Å². The van der Waals surface area contributed by atoms with E-state index >= 15 is 24.0 Å². The van der Waals surface area contributed by atoms with Crippen LogP contribution in [0.1, 0.15) is 131 Å². The third kappa shape index (κ3) is 17.4. The molecule has 2 fully saturated rings. The van der Waals surface area contributed by atoms with Gasteiger partial charge in [0.2, 0.25) is 41.5 Å². The number of fused-ring (bicyclic) bond motifs is 1. The van der Waals surface area contributed by atoms with Gasteiger partial charge >= 0.3 is 18.1 Å². The van der Waals surface area contributed by atoms with Crippen molar-refractivity contribution in [2.75, 3.05) is 41.8 Å². The first kappa shape index (κ1) is 71.6. The summed E-state index contributed by atoms with van der Waals surface area (Å²) in [5.74, 6) is -8.21. The smallest absolute Gasteiger partial charge is 0.416 e. The minimum atomic E-state index is -4.57. The zero-order valence-corrected chi connectivity index (χ0v) is 53.9. The molecular formula is C66H94F3N8O11+. The quantitative estimate of drug-likeness (QED) is 0.0979. The summed E-state index contributed by atoms with van der Waals surface area (Å²) in [4.78, 5) is 140. The van der Waals surface area contributed by atoms with Crippen molar-refractivity contribution >= 4 is 53.2 Å². The number of carbonyl (C=O) groups excluding carboxylic acids is 9. The van der Waals surface area contributed by atoms with E-state index in [-0.39, 0.29) is 44.6 Å². The fourth-order valence-corrected chi connectivity index (χ4v) is 11.9. The van der Waals surface area contributed by atoms with Crippen LogP contribution in [0.15, 0.2) is 78.9 Å². The molecular weight excluding hydrogens is 1140 g/mol. The fraction of sp³-hybridized carbons (Fsp3) is 0.591. The molecule has 8 amide bonds. The van der Waals surface area contributed by atoms with Crippen molar-refractivity contribution in [1.82, 2.24) is 35.6 Å². The Hall–Kier alpha value is -7.20. The number of halogens is 3. The van der Waals surface area contributed by atoms with Crippen LogP contribution in [-0.4, -0.2) is 184 Å². The predicted octanol–water partition coefficient (Wildman–Crippen LogP) is 6.71. The Balaban J connectivity index is 1.72. The highest BCUT2D eigenvalue weighted by atomic mass is 19.4. The molecule has 2 aliphatic heterocycles. The summed E-state index contributed by atoms with van der Waals surface area (Å²) in [6, 6.07) is 9.49. The van der Waals surface area contributed by atoms with Gasteiger partial charge in [-0.15, -0.1) is 0 Å². The van der Waals surface area contributed by atoms with E-state index in [4.69, 9.17) is 4.74 Å². The standard InChI is InChI=1S/C66H93F3N8O11/c1-16-24-50-57(79)70-48(37-43-25-20-19-21-26-43)59(81)75(13)52(38-44-27-22-28-46(36-44)45-30-32-47(33-31-45)66(67,68)69)60(82)76-34-23-29-51(76)58(80)72-53(40(6)17-2)61(83)73(11)42(8)56(78)71-49(35-39(4)5)63(85)77(14,15)55(65(9,10)87)64(86)88-54(41(7)18-3)62(84)74(50)12/h19-22,25-28,30-33,36,39-42,48-55,87H,16-18,23-24,29,34-35,37-38H2,1-15H3,(H2-,70,71,72,78,79,80)/p+1/t40?,41-,42+,48?,49?,50+,51?,52?,53?,54?,55?/m1/s1. The summed E-state index contributed by atoms with van der Waals surface area (Å²) in [5, 5.41) is 20.5. The number of ether oxygens (including phenoxy) is 1. The lowest BCUT2D eigenvalue weighted by molar-refractivity contribution is -0.840. The monoisotopic (exact) mass is 1230 g/mol. The van der Waals surface area contributed by atoms with Crippen LogP contribution in [0.25, 0.3) is 11.1 Å². The second-order valence-electron chi connectivity index (χ2n) is 25.5. The number of benzene rings is 3. The number of likely N-dealkylation sites (N-methyl/N-ethyl adjacent to an activating group) is 4. The molecule has 88 heavy (non-hydrogen) atoms. The van der Waals surface area contributed by atoms with Crippen molar-refractivity contribution in [2.45, 2.75) is 193 Å². The molecule has 0 spiro atoms. The lowest BCUT2D eigenvalue weighted by Crippen LogP contribution is -2.69. The molecule has 484 valence electrons. The van der Waals surface area contributed by atoms with Gasteiger partial charge < -0.3 is 45.4 Å². The Morgan fingerprint density at radius 3 is 1.82 bits per heavy atom. The van der Waals surface area contributed by atoms with Gasteiger partial charge in [0.05, 0.1) is 19.7 Å². The number of quaternary nitrogens is 1. The third-order valence-electron chi connectivity index (χ3n) is 17.6. The molecule has 0 aliphatic carbocycles. The van der Waals surface area contributed by atoms with Gasteiger partial charge in [0.15, 0.2) is 6.10 Å². The average Bonchev–Trinajstić information content (AvgIpc) is 2.56. The molecule has 3 aromatic rings. The van der Waals surface area contributed by atoms with Gasteiger partial charge in [0.1, 0.15) is 47.9 Å². The Labute approximate surface area is 517 Å². The maximum Gasteiger partial charge on any atom is 0.416 e. The fourth-order valence-electron chi connectivity index (χ4n) is 11.9. The molecule has 2 saturated heterocycles. The first-order valence-electron chi connectivity index (χ1n) is 30.7. The third-order valence-corrected chi connectivity index (χ3v) is 17.6. The Morgan fingerprint density at radius 1 is 0.659 bits per heavy atom. The minimum absolute atomic E-state index is 0.0651. The number of alkyl halides is 3. The summed E-state index contributed by atoms with van der Waals surface area (Å²) in [7, 11) is 6.97. The van der Waals surface area contributed by atoms with E-state index in [2.05, 4.69) is 16.0 Å². The summed E-state index contributed by atoms with van der Waals surface area (Å²) in [5.41, 5.74) is -0.762. The highest BCUT2D eigenvalue weighted by molar-refractivity contribution is 5.98. The van der Waals surface area contributed by atoms with Crippen LogP contribution in [0.4, 0.5) is 13.2 Å². The van der Waals surface area contributed by atoms with E-state index in [0.717, 1.165) is 17.0 Å². The second-order valence-corrected chi connectivity index (χ2v) is 25.5. The van der Waals surface area contributed by atoms with Crippen molar-refractivity contribution in [3.8, 4) is 11.1 Å². The number of amides is 8. The van der Waals surface area contributed by atoms with E-state index < -0.39 is 141 Å². The van der Waals surface area contributed by atoms with E-state index in [1.807, 2.05) is 20.8 Å². The van der Waals surface area contributed by atoms with Gasteiger partial charge in [-0.05, 0) is 99.1 Å². The number of esters is 1. The van der Waals surface area contributed by atoms with Crippen LogP contribution in [0, 0.1) is 17.8 Å². The van der Waals surface area contributed by atoms with Gasteiger partial charge in [0, 0.05) is 46.4 Å². The Bertz CT molecular complexity index is 2950. The summed E-state index contributed by atoms with van der Waals surface area (Å²) in [6.07, 6.45) is -4.71. The van der Waals surface area contributed by atoms with Crippen molar-refractivity contribution in [3.63, 3.8) is 0 Å². The van der Waals surface area contributed by atoms with Crippen LogP contribution in [0.5, 0.6) is 0 Å². The van der Waals surface area contributed by atoms with Gasteiger partial charge in [-0.1, -0.05) is 128 Å². The van der Waals surface area contributed by atoms with E-state index in [1.165, 1.54) is 82.8 Å². The molecule has 3 aromatic carbocycles. The van der Waals surface area contributed by atoms with Crippen molar-refractivity contribution in [2.24, 2.45) is 17.8 Å². The molecule has 2 aliphatic rings. The van der Waals surface area contributed by atoms with Crippen LogP contribution in [0.3, 0.4) is 0 Å². The van der Waals surface area contributed by atoms with E-state index in [0.29, 0.717) is 47.9 Å². The number of hydrogen-bond acceptors (Lipinski definition) is 11. The normalized spacial score (nSPS) is 25.6. The number of cyclic esters (lactones) is 1. The maximum atomic E-state index is 15.6. The molecule has 11 atom stereocenters. The van der Waals surface area contributed by atoms with E-state index in [1.54, 1.807) is 82.3 Å². The van der Waals surface area contributed by atoms with Gasteiger partial charge in [0.25, 0.3) is 5.91 Å². The molecule has 22 heteroatoms. The van der Waals surface area contributed by atoms with Crippen molar-refractivity contribution in [1.29, 1.82) is 0 Å². The number of carbonyl (C=O) groups is 9. The molecule has 0 bridgehead atoms. The van der Waals surface area contributed by atoms with Crippen LogP contribution in [0.2, 0.25) is 0 Å². The Morgan fingerprint density at radius 2 is 1.25 bits per heavy atom. The first-order valence-corrected chi connectivity index (χ1v) is 30.7. The number of nitrogens with one attached hydrogen (secondary N) is 3. The molecule has 4 N–H and O–H groups in total. The molecule has 2 heterocycles. The number of nitrogens with zero attached hydrogens (tertiary/aromatic N) is 5. The average molecular weight is 1230 g/mol. The van der Waals surface area contributed by atoms with Crippen molar-refractivity contribution in [3.05, 3.63) is 95.6 Å². The van der Waals surface area contributed by atoms with Crippen LogP contribution >= 0.6 is 0 Å². The summed E-state index contributed by atoms with van der Waals surface area (Å²) < 4.78 is 46.2. The zero-order chi connectivity index (χ0) is 65.9. The lowest BCUT2D eigenvalue weighted by Gasteiger charge is -2.42. The van der Waals surface area contributed by atoms with E-state index in [9.17, 15) is 37.5 Å². The first-order chi connectivity index (χ1) is 41.1. The van der Waals surface area contributed by atoms with Crippen LogP contribution < -0.4 is 16.0 Å². The maximum absolute atomic E-state index is 15.6. The summed E-state index contributed by atoms with van der Waals surface area (Å²) >= 11 is 0. The van der Waals surface area contributed by atoms with Gasteiger partial charge in [-0.25, -0.2) is 14.1 Å². The number of rotatable bonds is 14. The second kappa shape index (κ2) is 30.3. The molecule has 0 saturated carbocycles. The highest BCUT2D eigenvalue weighted by Crippen LogP contribution is 2.33. The molecule has 0 radical (unpaired) electrons. The molecule has 5 rings (SSSR count). The SMILES string of the molecule is CCC[C@H]1C(=O)NC(Cc2ccccc2)C(=O)N(C)C(Cc2cccc(-c3ccc(C(F)(F)F)cc3)c2)C(=O)N2CCCC2C(=O)NC(C(C)CC)C(=O)N(C)[C@@H](C)C(=O)NC(CC(C)C)C(=O)[N+](C)(C)C(C(C)(C)O)C(=O)OC([C@H](C)CC)C(=O)N1C. The number of aliphatic hydroxyl groups is 1. The van der Waals surface area contributed by atoms with Crippen molar-refractivity contribution < 1.29 is 70.6 Å². The van der Waals surface area contributed by atoms with Gasteiger partial charge in [-0.2, -0.15) is 13.2 Å². The molecule has 19 nitrogen and oxygen atoms in total. The topological polar surface area (TPSA) is 232 Å². The number of hydrogen-bond donors (Lipinski definition) is 4. The predicted molar refractivity (Wildman–Crippen MR) is 327 cm³/mol. The highest BCUT2D eigenvalue weighted by Gasteiger charge is 2.55. The van der Waals surface area contributed by atoms with Gasteiger partial charge in [-0.3, -0.25) is 33.6 Å². The minimum Gasteiger partial charge on any atom is -0.447 e. The molecule has 8 unspecified atom stereocenters. The summed E-state index contributed by atoms with van der Waals surface area (Å²) in [6.45, 7) is 16.7. The zero-order valence-electron chi connectivity index (χ0n) is 53.9. The largest absolute Gasteiger partial charge is 0.447 e. The Kier molecular flexibility index (Phi) is 24.7. The molecule has 0 aromatic heterocycles.